The van der Waals surface area contributed by atoms with Crippen LogP contribution >= 0.6 is 0 Å². The quantitative estimate of drug-likeness (QED) is 0.694. The Morgan fingerprint density at radius 2 is 1.89 bits per heavy atom. The van der Waals surface area contributed by atoms with E-state index in [4.69, 9.17) is 4.74 Å². The molecule has 4 rings (SSSR count). The summed E-state index contributed by atoms with van der Waals surface area (Å²) in [7, 11) is 0. The maximum absolute atomic E-state index is 12.4. The van der Waals surface area contributed by atoms with Crippen molar-refractivity contribution in [3.05, 3.63) is 77.4 Å². The van der Waals surface area contributed by atoms with Gasteiger partial charge >= 0.3 is 0 Å². The highest BCUT2D eigenvalue weighted by Crippen LogP contribution is 2.30. The maximum Gasteiger partial charge on any atom is 0.258 e. The molecule has 4 nitrogen and oxygen atoms in total. The fraction of sp³-hybridized carbons (Fsp3) is 0.217. The van der Waals surface area contributed by atoms with Crippen LogP contribution in [0, 0.1) is 0 Å². The van der Waals surface area contributed by atoms with Gasteiger partial charge in [-0.3, -0.25) is 9.59 Å². The molecule has 0 bridgehead atoms. The highest BCUT2D eigenvalue weighted by molar-refractivity contribution is 6.00. The number of aryl methyl sites for hydroxylation is 1. The van der Waals surface area contributed by atoms with E-state index in [2.05, 4.69) is 17.4 Å². The van der Waals surface area contributed by atoms with Gasteiger partial charge in [0.05, 0.1) is 11.6 Å². The smallest absolute Gasteiger partial charge is 0.258 e. The second-order valence-corrected chi connectivity index (χ2v) is 6.82. The first kappa shape index (κ1) is 17.3. The predicted octanol–water partition coefficient (Wildman–Crippen LogP) is 4.22. The van der Waals surface area contributed by atoms with E-state index in [1.165, 1.54) is 11.1 Å². The molecule has 0 spiro atoms. The molecular formula is C23H21NO3. The number of carbonyl (C=O) groups is 2. The molecular weight excluding hydrogens is 338 g/mol. The SMILES string of the molecule is O=Cc1c(OCC(=O)N[C@@H]2CCCc3ccccc32)ccc2ccccc12. The third kappa shape index (κ3) is 3.56. The Balaban J connectivity index is 1.46. The lowest BCUT2D eigenvalue weighted by atomic mass is 9.88. The highest BCUT2D eigenvalue weighted by atomic mass is 16.5. The van der Waals surface area contributed by atoms with E-state index in [0.29, 0.717) is 11.3 Å². The Hall–Kier alpha value is -3.14. The van der Waals surface area contributed by atoms with Gasteiger partial charge in [0.2, 0.25) is 0 Å². The summed E-state index contributed by atoms with van der Waals surface area (Å²) in [6.07, 6.45) is 3.83. The topological polar surface area (TPSA) is 55.4 Å². The minimum Gasteiger partial charge on any atom is -0.483 e. The number of hydrogen-bond donors (Lipinski definition) is 1. The first-order valence-electron chi connectivity index (χ1n) is 9.23. The molecule has 0 aromatic heterocycles. The van der Waals surface area contributed by atoms with Crippen molar-refractivity contribution >= 4 is 23.0 Å². The number of rotatable bonds is 5. The summed E-state index contributed by atoms with van der Waals surface area (Å²) in [5, 5.41) is 4.86. The van der Waals surface area contributed by atoms with E-state index in [1.807, 2.05) is 42.5 Å². The number of carbonyl (C=O) groups excluding carboxylic acids is 2. The summed E-state index contributed by atoms with van der Waals surface area (Å²) in [6, 6.07) is 19.5. The average Bonchev–Trinajstić information content (AvgIpc) is 2.72. The molecule has 0 aliphatic heterocycles. The van der Waals surface area contributed by atoms with Gasteiger partial charge in [0.25, 0.3) is 5.91 Å². The fourth-order valence-electron chi connectivity index (χ4n) is 3.81. The van der Waals surface area contributed by atoms with Crippen molar-refractivity contribution in [3.8, 4) is 5.75 Å². The van der Waals surface area contributed by atoms with Gasteiger partial charge in [0.15, 0.2) is 12.9 Å². The summed E-state index contributed by atoms with van der Waals surface area (Å²) in [5.74, 6) is 0.254. The van der Waals surface area contributed by atoms with Crippen LogP contribution in [0.15, 0.2) is 60.7 Å². The van der Waals surface area contributed by atoms with Crippen molar-refractivity contribution in [2.45, 2.75) is 25.3 Å². The molecule has 136 valence electrons. The lowest BCUT2D eigenvalue weighted by molar-refractivity contribution is -0.124. The average molecular weight is 359 g/mol. The molecule has 3 aromatic rings. The number of ether oxygens (including phenoxy) is 1. The lowest BCUT2D eigenvalue weighted by Gasteiger charge is -2.26. The van der Waals surface area contributed by atoms with Crippen molar-refractivity contribution in [1.29, 1.82) is 0 Å². The highest BCUT2D eigenvalue weighted by Gasteiger charge is 2.21. The molecule has 0 radical (unpaired) electrons. The first-order valence-corrected chi connectivity index (χ1v) is 9.23. The van der Waals surface area contributed by atoms with Gasteiger partial charge in [-0.05, 0) is 47.2 Å². The van der Waals surface area contributed by atoms with Crippen LogP contribution in [0.5, 0.6) is 5.75 Å². The van der Waals surface area contributed by atoms with E-state index in [0.717, 1.165) is 36.3 Å². The van der Waals surface area contributed by atoms with Crippen molar-refractivity contribution in [2.24, 2.45) is 0 Å². The van der Waals surface area contributed by atoms with Crippen LogP contribution in [0.3, 0.4) is 0 Å². The van der Waals surface area contributed by atoms with Crippen LogP contribution in [0.4, 0.5) is 0 Å². The number of amides is 1. The minimum atomic E-state index is -0.179. The molecule has 4 heteroatoms. The van der Waals surface area contributed by atoms with E-state index < -0.39 is 0 Å². The van der Waals surface area contributed by atoms with E-state index in [1.54, 1.807) is 6.07 Å². The normalized spacial score (nSPS) is 15.8. The van der Waals surface area contributed by atoms with Crippen LogP contribution in [0.2, 0.25) is 0 Å². The zero-order valence-electron chi connectivity index (χ0n) is 15.0. The van der Waals surface area contributed by atoms with Crippen LogP contribution in [0.25, 0.3) is 10.8 Å². The van der Waals surface area contributed by atoms with Crippen LogP contribution in [-0.2, 0) is 11.2 Å². The van der Waals surface area contributed by atoms with Gasteiger partial charge in [0.1, 0.15) is 5.75 Å². The number of fused-ring (bicyclic) bond motifs is 2. The number of hydrogen-bond acceptors (Lipinski definition) is 3. The van der Waals surface area contributed by atoms with Gasteiger partial charge in [-0.1, -0.05) is 54.6 Å². The first-order chi connectivity index (χ1) is 13.3. The molecule has 1 N–H and O–H groups in total. The molecule has 3 aromatic carbocycles. The largest absolute Gasteiger partial charge is 0.483 e. The van der Waals surface area contributed by atoms with Gasteiger partial charge in [-0.15, -0.1) is 0 Å². The number of benzene rings is 3. The molecule has 1 aliphatic carbocycles. The Morgan fingerprint density at radius 3 is 2.78 bits per heavy atom. The monoisotopic (exact) mass is 359 g/mol. The molecule has 27 heavy (non-hydrogen) atoms. The lowest BCUT2D eigenvalue weighted by Crippen LogP contribution is -2.34. The molecule has 0 saturated heterocycles. The Labute approximate surface area is 158 Å². The summed E-state index contributed by atoms with van der Waals surface area (Å²) in [6.45, 7) is -0.113. The third-order valence-electron chi connectivity index (χ3n) is 5.11. The van der Waals surface area contributed by atoms with E-state index in [-0.39, 0.29) is 18.6 Å². The summed E-state index contributed by atoms with van der Waals surface area (Å²) in [5.41, 5.74) is 2.97. The van der Waals surface area contributed by atoms with Gasteiger partial charge < -0.3 is 10.1 Å². The standard InChI is InChI=1S/C23H21NO3/c25-14-20-18-9-3-1-7-17(18)12-13-22(20)27-15-23(26)24-21-11-5-8-16-6-2-4-10-19(16)21/h1-4,6-7,9-10,12-14,21H,5,8,11,15H2,(H,24,26)/t21-/m1/s1. The number of nitrogens with one attached hydrogen (secondary N) is 1. The Bertz CT molecular complexity index is 996. The van der Waals surface area contributed by atoms with Crippen LogP contribution in [0.1, 0.15) is 40.4 Å². The summed E-state index contributed by atoms with van der Waals surface area (Å²) >= 11 is 0. The van der Waals surface area contributed by atoms with Crippen molar-refractivity contribution in [1.82, 2.24) is 5.32 Å². The second kappa shape index (κ2) is 7.62. The zero-order chi connectivity index (χ0) is 18.6. The van der Waals surface area contributed by atoms with Gasteiger partial charge in [0, 0.05) is 0 Å². The Morgan fingerprint density at radius 1 is 1.07 bits per heavy atom. The molecule has 1 atom stereocenters. The van der Waals surface area contributed by atoms with Crippen LogP contribution < -0.4 is 10.1 Å². The summed E-state index contributed by atoms with van der Waals surface area (Å²) in [4.78, 5) is 24.0. The van der Waals surface area contributed by atoms with E-state index >= 15 is 0 Å². The second-order valence-electron chi connectivity index (χ2n) is 6.82. The molecule has 0 heterocycles. The van der Waals surface area contributed by atoms with Gasteiger partial charge in [-0.25, -0.2) is 0 Å². The molecule has 1 amide bonds. The molecule has 0 unspecified atom stereocenters. The molecule has 0 saturated carbocycles. The van der Waals surface area contributed by atoms with Crippen molar-refractivity contribution in [2.75, 3.05) is 6.61 Å². The Kier molecular flexibility index (Phi) is 4.88. The zero-order valence-corrected chi connectivity index (χ0v) is 15.0. The summed E-state index contributed by atoms with van der Waals surface area (Å²) < 4.78 is 5.68. The number of aldehydes is 1. The van der Waals surface area contributed by atoms with E-state index in [9.17, 15) is 9.59 Å². The van der Waals surface area contributed by atoms with Crippen molar-refractivity contribution < 1.29 is 14.3 Å². The predicted molar refractivity (Wildman–Crippen MR) is 105 cm³/mol. The fourth-order valence-corrected chi connectivity index (χ4v) is 3.81. The molecule has 1 aliphatic rings. The molecule has 0 fully saturated rings. The third-order valence-corrected chi connectivity index (χ3v) is 5.11. The van der Waals surface area contributed by atoms with Gasteiger partial charge in [-0.2, -0.15) is 0 Å². The minimum absolute atomic E-state index is 0.0215. The van der Waals surface area contributed by atoms with Crippen molar-refractivity contribution in [3.63, 3.8) is 0 Å². The maximum atomic E-state index is 12.4. The van der Waals surface area contributed by atoms with Crippen LogP contribution in [-0.4, -0.2) is 18.8 Å².